The molecule has 2 aliphatic heterocycles. The van der Waals surface area contributed by atoms with Crippen LogP contribution in [0.1, 0.15) is 31.2 Å². The van der Waals surface area contributed by atoms with Gasteiger partial charge in [0.1, 0.15) is 5.75 Å². The standard InChI is InChI=1S/C15H17F4NO2/c16-13(17)15(18,19)22-12-3-1-2-9(6-12)14(21)7-10-4-5-11(8-14)20-10/h1-3,6,10-11,13,20-21H,4-5,7-8H2. The van der Waals surface area contributed by atoms with E-state index in [9.17, 15) is 22.7 Å². The summed E-state index contributed by atoms with van der Waals surface area (Å²) in [4.78, 5) is 0. The van der Waals surface area contributed by atoms with Gasteiger partial charge in [-0.2, -0.15) is 17.6 Å². The van der Waals surface area contributed by atoms with Crippen molar-refractivity contribution in [3.63, 3.8) is 0 Å². The first-order valence-corrected chi connectivity index (χ1v) is 7.22. The molecule has 2 unspecified atom stereocenters. The average molecular weight is 319 g/mol. The molecule has 2 atom stereocenters. The Morgan fingerprint density at radius 3 is 2.45 bits per heavy atom. The van der Waals surface area contributed by atoms with Crippen molar-refractivity contribution in [3.8, 4) is 5.75 Å². The van der Waals surface area contributed by atoms with Gasteiger partial charge in [0.25, 0.3) is 0 Å². The number of hydrogen-bond acceptors (Lipinski definition) is 3. The van der Waals surface area contributed by atoms with Crippen molar-refractivity contribution >= 4 is 0 Å². The van der Waals surface area contributed by atoms with E-state index < -0.39 is 18.1 Å². The number of halogens is 4. The molecule has 0 amide bonds. The van der Waals surface area contributed by atoms with E-state index in [1.165, 1.54) is 18.2 Å². The summed E-state index contributed by atoms with van der Waals surface area (Å²) in [6.45, 7) is 0. The molecule has 2 aliphatic rings. The van der Waals surface area contributed by atoms with Gasteiger partial charge >= 0.3 is 12.5 Å². The Morgan fingerprint density at radius 2 is 1.86 bits per heavy atom. The van der Waals surface area contributed by atoms with Gasteiger partial charge < -0.3 is 15.2 Å². The molecule has 22 heavy (non-hydrogen) atoms. The number of fused-ring (bicyclic) bond motifs is 2. The molecule has 7 heteroatoms. The van der Waals surface area contributed by atoms with Crippen molar-refractivity contribution in [2.75, 3.05) is 0 Å². The van der Waals surface area contributed by atoms with Crippen LogP contribution in [0.5, 0.6) is 5.75 Å². The number of ether oxygens (including phenoxy) is 1. The maximum absolute atomic E-state index is 13.0. The lowest BCUT2D eigenvalue weighted by Crippen LogP contribution is -2.46. The summed E-state index contributed by atoms with van der Waals surface area (Å²) in [5.74, 6) is -0.373. The Balaban J connectivity index is 1.82. The van der Waals surface area contributed by atoms with E-state index in [1.54, 1.807) is 6.07 Å². The van der Waals surface area contributed by atoms with Crippen molar-refractivity contribution in [1.29, 1.82) is 0 Å². The van der Waals surface area contributed by atoms with Gasteiger partial charge in [-0.15, -0.1) is 0 Å². The van der Waals surface area contributed by atoms with E-state index in [2.05, 4.69) is 10.1 Å². The Kier molecular flexibility index (Phi) is 3.81. The molecule has 3 nitrogen and oxygen atoms in total. The molecular weight excluding hydrogens is 302 g/mol. The quantitative estimate of drug-likeness (QED) is 0.838. The summed E-state index contributed by atoms with van der Waals surface area (Å²) >= 11 is 0. The monoisotopic (exact) mass is 319 g/mol. The molecule has 0 aliphatic carbocycles. The molecule has 0 spiro atoms. The lowest BCUT2D eigenvalue weighted by Gasteiger charge is -2.37. The van der Waals surface area contributed by atoms with E-state index in [0.717, 1.165) is 12.8 Å². The summed E-state index contributed by atoms with van der Waals surface area (Å²) in [6.07, 6.45) is -5.58. The van der Waals surface area contributed by atoms with Crippen molar-refractivity contribution in [2.45, 2.75) is 55.9 Å². The van der Waals surface area contributed by atoms with Crippen LogP contribution in [-0.2, 0) is 5.60 Å². The number of rotatable bonds is 4. The maximum atomic E-state index is 13.0. The Labute approximate surface area is 125 Å². The van der Waals surface area contributed by atoms with Gasteiger partial charge in [-0.3, -0.25) is 0 Å². The van der Waals surface area contributed by atoms with Crippen LogP contribution in [0.2, 0.25) is 0 Å². The molecular formula is C15H17F4NO2. The summed E-state index contributed by atoms with van der Waals surface area (Å²) in [7, 11) is 0. The van der Waals surface area contributed by atoms with Crippen LogP contribution in [0.3, 0.4) is 0 Å². The maximum Gasteiger partial charge on any atom is 0.461 e. The Morgan fingerprint density at radius 1 is 1.23 bits per heavy atom. The van der Waals surface area contributed by atoms with Crippen LogP contribution >= 0.6 is 0 Å². The SMILES string of the molecule is OC1(c2cccc(OC(F)(F)C(F)F)c2)CC2CCC(C1)N2. The van der Waals surface area contributed by atoms with Gasteiger partial charge in [-0.05, 0) is 43.4 Å². The number of aliphatic hydroxyl groups is 1. The van der Waals surface area contributed by atoms with Gasteiger partial charge in [0.05, 0.1) is 5.60 Å². The molecule has 2 heterocycles. The third kappa shape index (κ3) is 2.92. The zero-order valence-electron chi connectivity index (χ0n) is 11.7. The van der Waals surface area contributed by atoms with Gasteiger partial charge in [-0.1, -0.05) is 12.1 Å². The van der Waals surface area contributed by atoms with Gasteiger partial charge in [-0.25, -0.2) is 0 Å². The highest BCUT2D eigenvalue weighted by molar-refractivity contribution is 5.33. The van der Waals surface area contributed by atoms with E-state index in [4.69, 9.17) is 0 Å². The van der Waals surface area contributed by atoms with Crippen LogP contribution in [0.15, 0.2) is 24.3 Å². The van der Waals surface area contributed by atoms with Crippen LogP contribution in [-0.4, -0.2) is 29.7 Å². The minimum Gasteiger partial charge on any atom is -0.428 e. The fourth-order valence-corrected chi connectivity index (χ4v) is 3.41. The van der Waals surface area contributed by atoms with Crippen LogP contribution in [0.25, 0.3) is 0 Å². The fourth-order valence-electron chi connectivity index (χ4n) is 3.41. The summed E-state index contributed by atoms with van der Waals surface area (Å²) < 4.78 is 54.5. The Hall–Kier alpha value is -1.34. The van der Waals surface area contributed by atoms with Crippen molar-refractivity contribution < 1.29 is 27.4 Å². The lowest BCUT2D eigenvalue weighted by atomic mass is 9.81. The second-order valence-corrected chi connectivity index (χ2v) is 6.07. The fraction of sp³-hybridized carbons (Fsp3) is 0.600. The van der Waals surface area contributed by atoms with Gasteiger partial charge in [0.2, 0.25) is 0 Å². The first-order valence-electron chi connectivity index (χ1n) is 7.22. The van der Waals surface area contributed by atoms with Crippen molar-refractivity contribution in [1.82, 2.24) is 5.32 Å². The highest BCUT2D eigenvalue weighted by Gasteiger charge is 2.45. The summed E-state index contributed by atoms with van der Waals surface area (Å²) in [5, 5.41) is 14.2. The minimum atomic E-state index is -4.55. The number of alkyl halides is 4. The molecule has 2 bridgehead atoms. The smallest absolute Gasteiger partial charge is 0.428 e. The van der Waals surface area contributed by atoms with Crippen molar-refractivity contribution in [3.05, 3.63) is 29.8 Å². The number of hydrogen-bond donors (Lipinski definition) is 2. The zero-order chi connectivity index (χ0) is 16.0. The predicted octanol–water partition coefficient (Wildman–Crippen LogP) is 3.03. The third-order valence-electron chi connectivity index (χ3n) is 4.38. The van der Waals surface area contributed by atoms with Crippen LogP contribution in [0, 0.1) is 0 Å². The first kappa shape index (κ1) is 15.6. The molecule has 2 N–H and O–H groups in total. The first-order chi connectivity index (χ1) is 10.3. The van der Waals surface area contributed by atoms with Crippen LogP contribution in [0.4, 0.5) is 17.6 Å². The van der Waals surface area contributed by atoms with E-state index in [0.29, 0.717) is 18.4 Å². The molecule has 1 aromatic rings. The molecule has 0 aromatic heterocycles. The number of piperidine rings is 1. The molecule has 2 saturated heterocycles. The largest absolute Gasteiger partial charge is 0.461 e. The molecule has 0 radical (unpaired) electrons. The summed E-state index contributed by atoms with van der Waals surface area (Å²) in [6, 6.07) is 5.82. The minimum absolute atomic E-state index is 0.191. The normalized spacial score (nSPS) is 31.5. The van der Waals surface area contributed by atoms with Crippen LogP contribution < -0.4 is 10.1 Å². The second kappa shape index (κ2) is 5.38. The predicted molar refractivity (Wildman–Crippen MR) is 71.1 cm³/mol. The molecule has 2 fully saturated rings. The molecule has 0 saturated carbocycles. The average Bonchev–Trinajstić information content (AvgIpc) is 2.78. The highest BCUT2D eigenvalue weighted by Crippen LogP contribution is 2.41. The molecule has 3 rings (SSSR count). The molecule has 122 valence electrons. The zero-order valence-corrected chi connectivity index (χ0v) is 11.7. The number of benzene rings is 1. The number of nitrogens with one attached hydrogen (secondary N) is 1. The second-order valence-electron chi connectivity index (χ2n) is 6.07. The molecule has 1 aromatic carbocycles. The van der Waals surface area contributed by atoms with Gasteiger partial charge in [0, 0.05) is 12.1 Å². The topological polar surface area (TPSA) is 41.5 Å². The summed E-state index contributed by atoms with van der Waals surface area (Å²) in [5.41, 5.74) is -0.718. The highest BCUT2D eigenvalue weighted by atomic mass is 19.3. The van der Waals surface area contributed by atoms with E-state index in [-0.39, 0.29) is 17.8 Å². The lowest BCUT2D eigenvalue weighted by molar-refractivity contribution is -0.253. The van der Waals surface area contributed by atoms with Crippen molar-refractivity contribution in [2.24, 2.45) is 0 Å². The van der Waals surface area contributed by atoms with E-state index in [1.807, 2.05) is 0 Å². The third-order valence-corrected chi connectivity index (χ3v) is 4.38. The van der Waals surface area contributed by atoms with Gasteiger partial charge in [0.15, 0.2) is 0 Å². The van der Waals surface area contributed by atoms with E-state index >= 15 is 0 Å². The Bertz CT molecular complexity index is 540.